The van der Waals surface area contributed by atoms with Crippen molar-refractivity contribution in [2.75, 3.05) is 5.32 Å². The van der Waals surface area contributed by atoms with Gasteiger partial charge in [-0.2, -0.15) is 4.99 Å². The second-order valence-electron chi connectivity index (χ2n) is 6.08. The Labute approximate surface area is 168 Å². The van der Waals surface area contributed by atoms with Gasteiger partial charge in [-0.3, -0.25) is 14.9 Å². The summed E-state index contributed by atoms with van der Waals surface area (Å²) in [6, 6.07) is 9.51. The van der Waals surface area contributed by atoms with Gasteiger partial charge in [-0.1, -0.05) is 23.5 Å². The largest absolute Gasteiger partial charge is 0.469 e. The van der Waals surface area contributed by atoms with Crippen LogP contribution in [0.25, 0.3) is 10.2 Å². The van der Waals surface area contributed by atoms with E-state index in [1.165, 1.54) is 28.9 Å². The van der Waals surface area contributed by atoms with Gasteiger partial charge in [0.05, 0.1) is 34.2 Å². The molecule has 7 nitrogen and oxygen atoms in total. The van der Waals surface area contributed by atoms with Crippen LogP contribution in [0.1, 0.15) is 21.8 Å². The van der Waals surface area contributed by atoms with E-state index in [1.807, 2.05) is 35.9 Å². The third kappa shape index (κ3) is 3.67. The number of nitrogens with one attached hydrogen (secondary N) is 1. The minimum atomic E-state index is -0.291. The third-order valence-electron chi connectivity index (χ3n) is 4.14. The fraction of sp³-hybridized carbons (Fsp3) is 0.158. The van der Waals surface area contributed by atoms with Crippen LogP contribution in [0.3, 0.4) is 0 Å². The van der Waals surface area contributed by atoms with Crippen molar-refractivity contribution >= 4 is 49.8 Å². The average Bonchev–Trinajstić information content (AvgIpc) is 3.36. The van der Waals surface area contributed by atoms with Gasteiger partial charge < -0.3 is 8.98 Å². The first-order valence-electron chi connectivity index (χ1n) is 8.43. The van der Waals surface area contributed by atoms with Gasteiger partial charge in [0.1, 0.15) is 5.76 Å². The molecule has 4 aromatic rings. The molecule has 2 amide bonds. The van der Waals surface area contributed by atoms with Crippen molar-refractivity contribution in [3.8, 4) is 0 Å². The summed E-state index contributed by atoms with van der Waals surface area (Å²) in [6.07, 6.45) is 1.54. The standard InChI is InChI=1S/C19H16N4O3S2/c1-11-13(7-8-26-11)17(25)22-18-20-12(10-27-18)9-16(24)21-19-23(2)14-5-3-4-6-15(14)28-19/h3-8,10H,9H2,1-2H3,(H,20,22,25). The first-order chi connectivity index (χ1) is 13.5. The maximum Gasteiger partial charge on any atom is 0.260 e. The van der Waals surface area contributed by atoms with Gasteiger partial charge in [0.25, 0.3) is 11.8 Å². The van der Waals surface area contributed by atoms with Gasteiger partial charge >= 0.3 is 0 Å². The lowest BCUT2D eigenvalue weighted by Gasteiger charge is -1.99. The Hall–Kier alpha value is -3.04. The molecule has 0 saturated carbocycles. The Morgan fingerprint density at radius 1 is 1.29 bits per heavy atom. The van der Waals surface area contributed by atoms with Gasteiger partial charge in [0.2, 0.25) is 0 Å². The van der Waals surface area contributed by atoms with Crippen LogP contribution in [0.5, 0.6) is 0 Å². The molecule has 0 bridgehead atoms. The van der Waals surface area contributed by atoms with E-state index in [9.17, 15) is 9.59 Å². The van der Waals surface area contributed by atoms with Gasteiger partial charge in [0, 0.05) is 12.4 Å². The summed E-state index contributed by atoms with van der Waals surface area (Å²) in [7, 11) is 1.89. The van der Waals surface area contributed by atoms with Crippen molar-refractivity contribution in [1.29, 1.82) is 0 Å². The molecule has 0 fully saturated rings. The van der Waals surface area contributed by atoms with Gasteiger partial charge in [0.15, 0.2) is 9.93 Å². The average molecular weight is 412 g/mol. The quantitative estimate of drug-likeness (QED) is 0.555. The number of hydrogen-bond acceptors (Lipinski definition) is 6. The highest BCUT2D eigenvalue weighted by molar-refractivity contribution is 7.16. The lowest BCUT2D eigenvalue weighted by Crippen LogP contribution is -2.14. The molecule has 3 heterocycles. The monoisotopic (exact) mass is 412 g/mol. The van der Waals surface area contributed by atoms with Crippen LogP contribution in [0.4, 0.5) is 5.13 Å². The van der Waals surface area contributed by atoms with Crippen LogP contribution < -0.4 is 10.1 Å². The number of amides is 2. The van der Waals surface area contributed by atoms with Crippen LogP contribution in [0, 0.1) is 6.92 Å². The first kappa shape index (κ1) is 18.3. The summed E-state index contributed by atoms with van der Waals surface area (Å²) in [5, 5.41) is 4.90. The molecule has 0 aliphatic rings. The molecule has 1 N–H and O–H groups in total. The number of thiazole rings is 2. The molecule has 0 unspecified atom stereocenters. The van der Waals surface area contributed by atoms with Crippen LogP contribution in [-0.4, -0.2) is 21.4 Å². The van der Waals surface area contributed by atoms with Crippen molar-refractivity contribution in [2.24, 2.45) is 12.0 Å². The first-order valence-corrected chi connectivity index (χ1v) is 10.1. The molecule has 0 spiro atoms. The molecule has 0 atom stereocenters. The number of para-hydroxylation sites is 1. The minimum absolute atomic E-state index is 0.0748. The minimum Gasteiger partial charge on any atom is -0.469 e. The number of carbonyl (C=O) groups excluding carboxylic acids is 2. The second-order valence-corrected chi connectivity index (χ2v) is 7.95. The highest BCUT2D eigenvalue weighted by Crippen LogP contribution is 2.19. The topological polar surface area (TPSA) is 89.5 Å². The fourth-order valence-electron chi connectivity index (χ4n) is 2.72. The number of hydrogen-bond donors (Lipinski definition) is 1. The number of aryl methyl sites for hydroxylation is 2. The van der Waals surface area contributed by atoms with E-state index in [1.54, 1.807) is 18.4 Å². The second kappa shape index (κ2) is 7.53. The number of furan rings is 1. The molecule has 9 heteroatoms. The lowest BCUT2D eigenvalue weighted by molar-refractivity contribution is -0.117. The number of benzene rings is 1. The van der Waals surface area contributed by atoms with Crippen LogP contribution in [0.15, 0.2) is 51.4 Å². The molecule has 28 heavy (non-hydrogen) atoms. The van der Waals surface area contributed by atoms with E-state index < -0.39 is 0 Å². The van der Waals surface area contributed by atoms with Gasteiger partial charge in [-0.25, -0.2) is 4.98 Å². The predicted octanol–water partition coefficient (Wildman–Crippen LogP) is 3.52. The Morgan fingerprint density at radius 2 is 2.11 bits per heavy atom. The Bertz CT molecular complexity index is 1250. The summed E-state index contributed by atoms with van der Waals surface area (Å²) in [5.74, 6) is -0.0315. The van der Waals surface area contributed by atoms with Crippen molar-refractivity contribution in [2.45, 2.75) is 13.3 Å². The Morgan fingerprint density at radius 3 is 2.86 bits per heavy atom. The normalized spacial score (nSPS) is 11.9. The van der Waals surface area contributed by atoms with Crippen molar-refractivity contribution in [3.63, 3.8) is 0 Å². The Balaban J connectivity index is 1.47. The molecule has 0 saturated heterocycles. The zero-order valence-corrected chi connectivity index (χ0v) is 16.8. The molecule has 4 rings (SSSR count). The number of anilines is 1. The highest BCUT2D eigenvalue weighted by Gasteiger charge is 2.14. The molecular weight excluding hydrogens is 396 g/mol. The van der Waals surface area contributed by atoms with E-state index in [0.29, 0.717) is 27.0 Å². The Kier molecular flexibility index (Phi) is 4.93. The molecule has 142 valence electrons. The lowest BCUT2D eigenvalue weighted by atomic mass is 10.2. The molecule has 0 aliphatic heterocycles. The third-order valence-corrected chi connectivity index (χ3v) is 6.06. The van der Waals surface area contributed by atoms with Crippen molar-refractivity contribution in [1.82, 2.24) is 9.55 Å². The number of nitrogens with zero attached hydrogens (tertiary/aromatic N) is 3. The zero-order valence-electron chi connectivity index (χ0n) is 15.1. The number of carbonyl (C=O) groups is 2. The maximum absolute atomic E-state index is 12.4. The van der Waals surface area contributed by atoms with E-state index in [4.69, 9.17) is 4.42 Å². The van der Waals surface area contributed by atoms with Crippen LogP contribution in [-0.2, 0) is 18.3 Å². The summed E-state index contributed by atoms with van der Waals surface area (Å²) < 4.78 is 8.11. The molecule has 1 aromatic carbocycles. The van der Waals surface area contributed by atoms with E-state index in [-0.39, 0.29) is 18.2 Å². The predicted molar refractivity (Wildman–Crippen MR) is 109 cm³/mol. The van der Waals surface area contributed by atoms with Gasteiger partial charge in [-0.05, 0) is 25.1 Å². The zero-order chi connectivity index (χ0) is 19.7. The summed E-state index contributed by atoms with van der Waals surface area (Å²) >= 11 is 2.73. The van der Waals surface area contributed by atoms with Gasteiger partial charge in [-0.15, -0.1) is 11.3 Å². The molecule has 0 aliphatic carbocycles. The fourth-order valence-corrected chi connectivity index (χ4v) is 4.46. The summed E-state index contributed by atoms with van der Waals surface area (Å²) in [4.78, 5) is 33.7. The number of aromatic nitrogens is 2. The molecule has 0 radical (unpaired) electrons. The summed E-state index contributed by atoms with van der Waals surface area (Å²) in [5.41, 5.74) is 2.06. The smallest absolute Gasteiger partial charge is 0.260 e. The van der Waals surface area contributed by atoms with E-state index in [0.717, 1.165) is 10.2 Å². The van der Waals surface area contributed by atoms with Crippen LogP contribution in [0.2, 0.25) is 0 Å². The van der Waals surface area contributed by atoms with E-state index in [2.05, 4.69) is 15.3 Å². The maximum atomic E-state index is 12.4. The molecular formula is C19H16N4O3S2. The van der Waals surface area contributed by atoms with Crippen molar-refractivity contribution < 1.29 is 14.0 Å². The molecule has 3 aromatic heterocycles. The van der Waals surface area contributed by atoms with Crippen LogP contribution >= 0.6 is 22.7 Å². The SMILES string of the molecule is Cc1occc1C(=O)Nc1nc(CC(=O)N=c2sc3ccccc3n2C)cs1. The summed E-state index contributed by atoms with van der Waals surface area (Å²) in [6.45, 7) is 1.72. The van der Waals surface area contributed by atoms with Crippen molar-refractivity contribution in [3.05, 3.63) is 63.8 Å². The highest BCUT2D eigenvalue weighted by atomic mass is 32.1. The van der Waals surface area contributed by atoms with E-state index >= 15 is 0 Å². The number of fused-ring (bicyclic) bond motifs is 1. The number of rotatable bonds is 4.